The van der Waals surface area contributed by atoms with E-state index in [1.807, 2.05) is 36.4 Å². The van der Waals surface area contributed by atoms with E-state index < -0.39 is 23.3 Å². The molecule has 1 aliphatic rings. The van der Waals surface area contributed by atoms with Gasteiger partial charge < -0.3 is 10.2 Å². The number of hydrogen-bond acceptors (Lipinski definition) is 2. The third-order valence-corrected chi connectivity index (χ3v) is 4.10. The Morgan fingerprint density at radius 3 is 2.55 bits per heavy atom. The second-order valence-electron chi connectivity index (χ2n) is 5.26. The normalized spacial score (nSPS) is 25.9. The van der Waals surface area contributed by atoms with Gasteiger partial charge in [0.25, 0.3) is 0 Å². The van der Waals surface area contributed by atoms with Gasteiger partial charge in [-0.2, -0.15) is 0 Å². The van der Waals surface area contributed by atoms with Gasteiger partial charge >= 0.3 is 11.9 Å². The largest absolute Gasteiger partial charge is 0.481 e. The number of carboxylic acids is 2. The van der Waals surface area contributed by atoms with E-state index in [2.05, 4.69) is 0 Å². The van der Waals surface area contributed by atoms with Crippen molar-refractivity contribution in [1.82, 2.24) is 0 Å². The van der Waals surface area contributed by atoms with Crippen LogP contribution in [0.25, 0.3) is 6.08 Å². The van der Waals surface area contributed by atoms with Crippen LogP contribution in [0.4, 0.5) is 0 Å². The number of carbonyl (C=O) groups is 2. The Hall–Kier alpha value is -2.10. The fourth-order valence-corrected chi connectivity index (χ4v) is 2.99. The molecule has 1 aromatic rings. The van der Waals surface area contributed by atoms with Crippen LogP contribution in [0.15, 0.2) is 36.4 Å². The van der Waals surface area contributed by atoms with Gasteiger partial charge in [-0.05, 0) is 24.8 Å². The standard InChI is InChI=1S/C16H18O4/c17-14(18)13-9-5-11-16(13,15(19)20)10-4-8-12-6-2-1-3-7-12/h1-4,6-8,13H,5,9-11H2,(H,17,18)(H,19,20)/t13-,16-/m1/s1. The molecule has 0 amide bonds. The van der Waals surface area contributed by atoms with E-state index in [0.29, 0.717) is 19.3 Å². The molecule has 106 valence electrons. The summed E-state index contributed by atoms with van der Waals surface area (Å²) < 4.78 is 0. The molecule has 2 rings (SSSR count). The first kappa shape index (κ1) is 14.3. The number of aliphatic carboxylic acids is 2. The zero-order valence-corrected chi connectivity index (χ0v) is 11.2. The van der Waals surface area contributed by atoms with Crippen molar-refractivity contribution in [2.45, 2.75) is 25.7 Å². The molecule has 0 bridgehead atoms. The van der Waals surface area contributed by atoms with Crippen molar-refractivity contribution < 1.29 is 19.8 Å². The van der Waals surface area contributed by atoms with Crippen LogP contribution in [0.3, 0.4) is 0 Å². The summed E-state index contributed by atoms with van der Waals surface area (Å²) >= 11 is 0. The van der Waals surface area contributed by atoms with Gasteiger partial charge in [0.05, 0.1) is 11.3 Å². The minimum Gasteiger partial charge on any atom is -0.481 e. The van der Waals surface area contributed by atoms with Crippen molar-refractivity contribution in [2.24, 2.45) is 11.3 Å². The first-order valence-electron chi connectivity index (χ1n) is 6.74. The van der Waals surface area contributed by atoms with Gasteiger partial charge in [0, 0.05) is 0 Å². The maximum absolute atomic E-state index is 11.6. The van der Waals surface area contributed by atoms with Gasteiger partial charge in [-0.1, -0.05) is 48.9 Å². The van der Waals surface area contributed by atoms with Gasteiger partial charge in [-0.25, -0.2) is 0 Å². The van der Waals surface area contributed by atoms with Gasteiger partial charge in [-0.15, -0.1) is 0 Å². The number of carboxylic acid groups (broad SMARTS) is 2. The van der Waals surface area contributed by atoms with E-state index in [-0.39, 0.29) is 6.42 Å². The Morgan fingerprint density at radius 2 is 1.95 bits per heavy atom. The molecule has 20 heavy (non-hydrogen) atoms. The SMILES string of the molecule is O=C(O)[C@H]1CCC[C@@]1(CC=Cc1ccccc1)C(=O)O. The summed E-state index contributed by atoms with van der Waals surface area (Å²) in [6, 6.07) is 9.57. The summed E-state index contributed by atoms with van der Waals surface area (Å²) in [4.78, 5) is 22.9. The Morgan fingerprint density at radius 1 is 1.25 bits per heavy atom. The predicted octanol–water partition coefficient (Wildman–Crippen LogP) is 3.05. The Labute approximate surface area is 117 Å². The molecule has 2 N–H and O–H groups in total. The zero-order valence-electron chi connectivity index (χ0n) is 11.2. The lowest BCUT2D eigenvalue weighted by Crippen LogP contribution is -2.38. The van der Waals surface area contributed by atoms with Crippen molar-refractivity contribution in [3.05, 3.63) is 42.0 Å². The number of hydrogen-bond donors (Lipinski definition) is 2. The van der Waals surface area contributed by atoms with Crippen LogP contribution in [0.5, 0.6) is 0 Å². The molecule has 0 spiro atoms. The molecule has 0 saturated heterocycles. The predicted molar refractivity (Wildman–Crippen MR) is 75.1 cm³/mol. The third-order valence-electron chi connectivity index (χ3n) is 4.10. The second kappa shape index (κ2) is 5.90. The molecule has 0 unspecified atom stereocenters. The van der Waals surface area contributed by atoms with Gasteiger partial charge in [0.1, 0.15) is 0 Å². The Balaban J connectivity index is 2.16. The van der Waals surface area contributed by atoms with Crippen molar-refractivity contribution in [3.8, 4) is 0 Å². The fraction of sp³-hybridized carbons (Fsp3) is 0.375. The topological polar surface area (TPSA) is 74.6 Å². The maximum atomic E-state index is 11.6. The van der Waals surface area contributed by atoms with E-state index in [0.717, 1.165) is 5.56 Å². The first-order chi connectivity index (χ1) is 9.56. The summed E-state index contributed by atoms with van der Waals surface area (Å²) in [6.07, 6.45) is 5.42. The molecule has 4 nitrogen and oxygen atoms in total. The molecule has 1 aliphatic carbocycles. The van der Waals surface area contributed by atoms with Crippen LogP contribution in [-0.4, -0.2) is 22.2 Å². The fourth-order valence-electron chi connectivity index (χ4n) is 2.99. The molecule has 1 fully saturated rings. The summed E-state index contributed by atoms with van der Waals surface area (Å²) in [5, 5.41) is 18.7. The van der Waals surface area contributed by atoms with E-state index in [4.69, 9.17) is 0 Å². The van der Waals surface area contributed by atoms with E-state index in [1.165, 1.54) is 0 Å². The number of rotatable bonds is 5. The highest BCUT2D eigenvalue weighted by Crippen LogP contribution is 2.47. The van der Waals surface area contributed by atoms with Gasteiger partial charge in [-0.3, -0.25) is 9.59 Å². The molecular formula is C16H18O4. The molecule has 0 radical (unpaired) electrons. The summed E-state index contributed by atoms with van der Waals surface area (Å²) in [7, 11) is 0. The van der Waals surface area contributed by atoms with Crippen LogP contribution in [0, 0.1) is 11.3 Å². The summed E-state index contributed by atoms with van der Waals surface area (Å²) in [6.45, 7) is 0. The number of benzene rings is 1. The molecule has 1 aromatic carbocycles. The van der Waals surface area contributed by atoms with Crippen LogP contribution in [0.1, 0.15) is 31.2 Å². The number of allylic oxidation sites excluding steroid dienone is 1. The molecule has 0 heterocycles. The van der Waals surface area contributed by atoms with E-state index in [1.54, 1.807) is 6.08 Å². The molecule has 4 heteroatoms. The van der Waals surface area contributed by atoms with Crippen LogP contribution < -0.4 is 0 Å². The minimum absolute atomic E-state index is 0.258. The lowest BCUT2D eigenvalue weighted by molar-refractivity contribution is -0.160. The van der Waals surface area contributed by atoms with Crippen molar-refractivity contribution in [1.29, 1.82) is 0 Å². The Kier molecular flexibility index (Phi) is 4.23. The highest BCUT2D eigenvalue weighted by Gasteiger charge is 2.51. The minimum atomic E-state index is -1.16. The average Bonchev–Trinajstić information content (AvgIpc) is 2.85. The van der Waals surface area contributed by atoms with Gasteiger partial charge in [0.2, 0.25) is 0 Å². The van der Waals surface area contributed by atoms with E-state index in [9.17, 15) is 19.8 Å². The van der Waals surface area contributed by atoms with Crippen LogP contribution in [0.2, 0.25) is 0 Å². The summed E-state index contributed by atoms with van der Waals surface area (Å²) in [5.74, 6) is -2.79. The molecule has 2 atom stereocenters. The third kappa shape index (κ3) is 2.74. The average molecular weight is 274 g/mol. The zero-order chi connectivity index (χ0) is 14.6. The molecule has 0 aromatic heterocycles. The molecular weight excluding hydrogens is 256 g/mol. The first-order valence-corrected chi connectivity index (χ1v) is 6.74. The van der Waals surface area contributed by atoms with Crippen molar-refractivity contribution in [2.75, 3.05) is 0 Å². The van der Waals surface area contributed by atoms with Gasteiger partial charge in [0.15, 0.2) is 0 Å². The quantitative estimate of drug-likeness (QED) is 0.865. The highest BCUT2D eigenvalue weighted by molar-refractivity contribution is 5.84. The lowest BCUT2D eigenvalue weighted by Gasteiger charge is -2.27. The van der Waals surface area contributed by atoms with E-state index >= 15 is 0 Å². The maximum Gasteiger partial charge on any atom is 0.310 e. The Bertz CT molecular complexity index is 521. The van der Waals surface area contributed by atoms with Crippen molar-refractivity contribution >= 4 is 18.0 Å². The molecule has 1 saturated carbocycles. The van der Waals surface area contributed by atoms with Crippen molar-refractivity contribution in [3.63, 3.8) is 0 Å². The van der Waals surface area contributed by atoms with Crippen LogP contribution >= 0.6 is 0 Å². The monoisotopic (exact) mass is 274 g/mol. The highest BCUT2D eigenvalue weighted by atomic mass is 16.4. The summed E-state index contributed by atoms with van der Waals surface area (Å²) in [5.41, 5.74) is -0.171. The smallest absolute Gasteiger partial charge is 0.310 e. The molecule has 0 aliphatic heterocycles. The van der Waals surface area contributed by atoms with Crippen LogP contribution in [-0.2, 0) is 9.59 Å². The lowest BCUT2D eigenvalue weighted by atomic mass is 9.75. The second-order valence-corrected chi connectivity index (χ2v) is 5.26.